The fourth-order valence-corrected chi connectivity index (χ4v) is 2.44. The van der Waals surface area contributed by atoms with E-state index in [4.69, 9.17) is 16.7 Å². The van der Waals surface area contributed by atoms with Crippen LogP contribution in [0.15, 0.2) is 35.5 Å². The van der Waals surface area contributed by atoms with Crippen molar-refractivity contribution in [2.24, 2.45) is 5.14 Å². The number of alkyl halides is 3. The second-order valence-corrected chi connectivity index (χ2v) is 6.80. The van der Waals surface area contributed by atoms with Crippen LogP contribution in [-0.4, -0.2) is 31.5 Å². The molecule has 0 aliphatic carbocycles. The normalized spacial score (nSPS) is 12.0. The Morgan fingerprint density at radius 2 is 1.80 bits per heavy atom. The molecule has 0 amide bonds. The first-order chi connectivity index (χ1) is 11.6. The molecule has 0 saturated carbocycles. The van der Waals surface area contributed by atoms with Crippen LogP contribution in [0.25, 0.3) is 0 Å². The van der Waals surface area contributed by atoms with E-state index >= 15 is 0 Å². The zero-order valence-electron chi connectivity index (χ0n) is 12.5. The molecule has 0 unspecified atom stereocenters. The molecule has 0 aliphatic heterocycles. The first kappa shape index (κ1) is 19.2. The van der Waals surface area contributed by atoms with Crippen LogP contribution in [0.4, 0.5) is 24.8 Å². The maximum absolute atomic E-state index is 12.5. The van der Waals surface area contributed by atoms with Gasteiger partial charge in [0.05, 0.1) is 10.6 Å². The molecule has 2 heterocycles. The highest BCUT2D eigenvalue weighted by Crippen LogP contribution is 2.32. The molecule has 0 spiro atoms. The molecule has 7 nitrogen and oxygen atoms in total. The Kier molecular flexibility index (Phi) is 5.70. The lowest BCUT2D eigenvalue weighted by Gasteiger charge is -2.11. The van der Waals surface area contributed by atoms with Gasteiger partial charge in [0.15, 0.2) is 0 Å². The Morgan fingerprint density at radius 3 is 2.32 bits per heavy atom. The number of hydrogen-bond donors (Lipinski definition) is 3. The van der Waals surface area contributed by atoms with Gasteiger partial charge in [0.1, 0.15) is 16.5 Å². The van der Waals surface area contributed by atoms with Gasteiger partial charge in [-0.2, -0.15) is 13.2 Å². The number of hydrogen-bond acceptors (Lipinski definition) is 6. The van der Waals surface area contributed by atoms with Crippen molar-refractivity contribution in [2.75, 3.05) is 23.7 Å². The zero-order valence-corrected chi connectivity index (χ0v) is 14.1. The number of nitrogens with one attached hydrogen (secondary N) is 2. The minimum atomic E-state index is -4.51. The molecule has 0 aliphatic rings. The molecule has 25 heavy (non-hydrogen) atoms. The number of sulfonamides is 1. The van der Waals surface area contributed by atoms with E-state index in [1.54, 1.807) is 0 Å². The third-order valence-corrected chi connectivity index (χ3v) is 4.14. The second kappa shape index (κ2) is 7.42. The number of pyridine rings is 2. The van der Waals surface area contributed by atoms with E-state index in [9.17, 15) is 21.6 Å². The second-order valence-electron chi connectivity index (χ2n) is 4.83. The van der Waals surface area contributed by atoms with Gasteiger partial charge in [-0.05, 0) is 18.2 Å². The van der Waals surface area contributed by atoms with Gasteiger partial charge in [-0.15, -0.1) is 0 Å². The molecule has 136 valence electrons. The van der Waals surface area contributed by atoms with Crippen molar-refractivity contribution in [3.63, 3.8) is 0 Å². The van der Waals surface area contributed by atoms with Crippen LogP contribution >= 0.6 is 11.6 Å². The number of aromatic nitrogens is 2. The summed E-state index contributed by atoms with van der Waals surface area (Å²) in [5.74, 6) is 0.523. The Balaban J connectivity index is 1.87. The minimum Gasteiger partial charge on any atom is -0.368 e. The van der Waals surface area contributed by atoms with E-state index in [0.717, 1.165) is 12.3 Å². The topological polar surface area (TPSA) is 110 Å². The van der Waals surface area contributed by atoms with Crippen LogP contribution in [-0.2, 0) is 16.2 Å². The van der Waals surface area contributed by atoms with Gasteiger partial charge in [0, 0.05) is 25.5 Å². The van der Waals surface area contributed by atoms with Crippen LogP contribution in [0, 0.1) is 0 Å². The molecule has 12 heteroatoms. The Morgan fingerprint density at radius 1 is 1.12 bits per heavy atom. The highest BCUT2D eigenvalue weighted by molar-refractivity contribution is 7.89. The van der Waals surface area contributed by atoms with Gasteiger partial charge < -0.3 is 10.6 Å². The lowest BCUT2D eigenvalue weighted by atomic mass is 10.3. The molecule has 0 aromatic carbocycles. The van der Waals surface area contributed by atoms with E-state index in [2.05, 4.69) is 20.6 Å². The third kappa shape index (κ3) is 5.44. The van der Waals surface area contributed by atoms with Crippen molar-refractivity contribution < 1.29 is 21.6 Å². The molecule has 0 fully saturated rings. The lowest BCUT2D eigenvalue weighted by molar-refractivity contribution is -0.137. The monoisotopic (exact) mass is 395 g/mol. The van der Waals surface area contributed by atoms with Crippen LogP contribution in [0.3, 0.4) is 0 Å². The number of rotatable bonds is 6. The summed E-state index contributed by atoms with van der Waals surface area (Å²) in [4.78, 5) is 7.41. The summed E-state index contributed by atoms with van der Waals surface area (Å²) in [6, 6.07) is 3.52. The van der Waals surface area contributed by atoms with Crippen LogP contribution in [0.5, 0.6) is 0 Å². The standard InChI is InChI=1S/C13H13ClF3N5O2S/c14-10-5-8(13(15,16)17)6-22-12(10)20-4-3-19-11-2-1-9(7-21-11)25(18,23)24/h1-2,5-7H,3-4H2,(H,19,21)(H,20,22)(H2,18,23,24). The van der Waals surface area contributed by atoms with Gasteiger partial charge in [-0.1, -0.05) is 11.6 Å². The van der Waals surface area contributed by atoms with Gasteiger partial charge in [-0.25, -0.2) is 23.5 Å². The van der Waals surface area contributed by atoms with Crippen LogP contribution in [0.2, 0.25) is 5.02 Å². The summed E-state index contributed by atoms with van der Waals surface area (Å²) >= 11 is 5.77. The first-order valence-electron chi connectivity index (χ1n) is 6.77. The van der Waals surface area contributed by atoms with E-state index in [1.165, 1.54) is 12.1 Å². The summed E-state index contributed by atoms with van der Waals surface area (Å²) < 4.78 is 59.7. The van der Waals surface area contributed by atoms with Gasteiger partial charge in [0.25, 0.3) is 0 Å². The smallest absolute Gasteiger partial charge is 0.368 e. The molecule has 0 bridgehead atoms. The molecule has 4 N–H and O–H groups in total. The lowest BCUT2D eigenvalue weighted by Crippen LogP contribution is -2.16. The summed E-state index contributed by atoms with van der Waals surface area (Å²) in [5.41, 5.74) is -0.930. The molecule has 2 rings (SSSR count). The molecular formula is C13H13ClF3N5O2S. The molecule has 0 radical (unpaired) electrons. The van der Waals surface area contributed by atoms with E-state index in [-0.39, 0.29) is 22.3 Å². The summed E-state index contributed by atoms with van der Waals surface area (Å²) in [6.07, 6.45) is -2.71. The third-order valence-electron chi connectivity index (χ3n) is 2.96. The van der Waals surface area contributed by atoms with Gasteiger partial charge in [-0.3, -0.25) is 0 Å². The highest BCUT2D eigenvalue weighted by Gasteiger charge is 2.31. The molecule has 0 atom stereocenters. The predicted octanol–water partition coefficient (Wildman–Crippen LogP) is 2.32. The van der Waals surface area contributed by atoms with Crippen molar-refractivity contribution in [1.29, 1.82) is 0 Å². The average molecular weight is 396 g/mol. The zero-order chi connectivity index (χ0) is 18.7. The predicted molar refractivity (Wildman–Crippen MR) is 86.8 cm³/mol. The van der Waals surface area contributed by atoms with Crippen molar-refractivity contribution in [1.82, 2.24) is 9.97 Å². The van der Waals surface area contributed by atoms with E-state index in [1.807, 2.05) is 0 Å². The largest absolute Gasteiger partial charge is 0.417 e. The fraction of sp³-hybridized carbons (Fsp3) is 0.231. The summed E-state index contributed by atoms with van der Waals surface area (Å²) in [6.45, 7) is 0.622. The Labute approximate surface area is 146 Å². The quantitative estimate of drug-likeness (QED) is 0.647. The Bertz CT molecular complexity index is 844. The molecule has 2 aromatic heterocycles. The van der Waals surface area contributed by atoms with Crippen molar-refractivity contribution in [3.05, 3.63) is 41.2 Å². The number of halogens is 4. The number of nitrogens with zero attached hydrogens (tertiary/aromatic N) is 2. The average Bonchev–Trinajstić information content (AvgIpc) is 2.51. The molecular weight excluding hydrogens is 383 g/mol. The van der Waals surface area contributed by atoms with E-state index in [0.29, 0.717) is 18.6 Å². The Hall–Kier alpha value is -2.11. The number of primary sulfonamides is 1. The number of anilines is 2. The van der Waals surface area contributed by atoms with Gasteiger partial charge in [0.2, 0.25) is 10.0 Å². The SMILES string of the molecule is NS(=O)(=O)c1ccc(NCCNc2ncc(C(F)(F)F)cc2Cl)nc1. The van der Waals surface area contributed by atoms with Gasteiger partial charge >= 0.3 is 6.18 Å². The maximum Gasteiger partial charge on any atom is 0.417 e. The maximum atomic E-state index is 12.5. The number of nitrogens with two attached hydrogens (primary N) is 1. The van der Waals surface area contributed by atoms with Crippen LogP contribution < -0.4 is 15.8 Å². The molecule has 2 aromatic rings. The highest BCUT2D eigenvalue weighted by atomic mass is 35.5. The molecule has 0 saturated heterocycles. The van der Waals surface area contributed by atoms with Crippen molar-refractivity contribution in [2.45, 2.75) is 11.1 Å². The van der Waals surface area contributed by atoms with Crippen LogP contribution in [0.1, 0.15) is 5.56 Å². The summed E-state index contributed by atoms with van der Waals surface area (Å²) in [5, 5.41) is 10.5. The fourth-order valence-electron chi connectivity index (χ4n) is 1.75. The summed E-state index contributed by atoms with van der Waals surface area (Å²) in [7, 11) is -3.81. The first-order valence-corrected chi connectivity index (χ1v) is 8.69. The van der Waals surface area contributed by atoms with Crippen molar-refractivity contribution in [3.8, 4) is 0 Å². The minimum absolute atomic E-state index is 0.114. The van der Waals surface area contributed by atoms with Crippen molar-refractivity contribution >= 4 is 33.3 Å². The van der Waals surface area contributed by atoms with E-state index < -0.39 is 21.8 Å².